The maximum absolute atomic E-state index is 12.6. The molecule has 0 spiro atoms. The Hall–Kier alpha value is -3.22. The molecule has 0 unspecified atom stereocenters. The fraction of sp³-hybridized carbons (Fsp3) is 0.300. The molecule has 2 atom stereocenters. The molecule has 7 heteroatoms. The van der Waals surface area contributed by atoms with Crippen LogP contribution >= 0.6 is 0 Å². The van der Waals surface area contributed by atoms with Gasteiger partial charge >= 0.3 is 5.97 Å². The van der Waals surface area contributed by atoms with Crippen molar-refractivity contribution in [2.75, 3.05) is 28.4 Å². The lowest BCUT2D eigenvalue weighted by Crippen LogP contribution is -2.21. The van der Waals surface area contributed by atoms with E-state index < -0.39 is 18.0 Å². The number of carbonyl (C=O) groups is 2. The lowest BCUT2D eigenvalue weighted by molar-refractivity contribution is -0.144. The molecule has 2 aromatic rings. The van der Waals surface area contributed by atoms with Gasteiger partial charge in [0.25, 0.3) is 0 Å². The molecular weight excluding hydrogens is 352 g/mol. The molecule has 0 amide bonds. The third-order valence-corrected chi connectivity index (χ3v) is 4.59. The SMILES string of the molecule is COC(=O)[C@H]1c2c(C=O)ccc(OC)c2O[C@@H]1c1ccc(OC)c(OC)c1. The molecule has 2 aromatic carbocycles. The summed E-state index contributed by atoms with van der Waals surface area (Å²) >= 11 is 0. The Labute approximate surface area is 156 Å². The summed E-state index contributed by atoms with van der Waals surface area (Å²) in [5.41, 5.74) is 1.48. The van der Waals surface area contributed by atoms with Crippen molar-refractivity contribution in [3.05, 3.63) is 47.0 Å². The van der Waals surface area contributed by atoms with Crippen LogP contribution in [0, 0.1) is 0 Å². The Kier molecular flexibility index (Phi) is 5.21. The van der Waals surface area contributed by atoms with Crippen LogP contribution in [0.4, 0.5) is 0 Å². The zero-order valence-electron chi connectivity index (χ0n) is 15.5. The van der Waals surface area contributed by atoms with Gasteiger partial charge in [0.05, 0.1) is 28.4 Å². The number of hydrogen-bond acceptors (Lipinski definition) is 7. The number of carbonyl (C=O) groups excluding carboxylic acids is 2. The van der Waals surface area contributed by atoms with Gasteiger partial charge in [0.15, 0.2) is 23.0 Å². The quantitative estimate of drug-likeness (QED) is 0.570. The van der Waals surface area contributed by atoms with Gasteiger partial charge in [0.2, 0.25) is 0 Å². The van der Waals surface area contributed by atoms with Crippen molar-refractivity contribution in [1.29, 1.82) is 0 Å². The monoisotopic (exact) mass is 372 g/mol. The minimum Gasteiger partial charge on any atom is -0.493 e. The summed E-state index contributed by atoms with van der Waals surface area (Å²) in [5, 5.41) is 0. The van der Waals surface area contributed by atoms with Crippen LogP contribution in [-0.4, -0.2) is 40.7 Å². The molecule has 142 valence electrons. The third-order valence-electron chi connectivity index (χ3n) is 4.59. The van der Waals surface area contributed by atoms with Crippen LogP contribution in [0.15, 0.2) is 30.3 Å². The van der Waals surface area contributed by atoms with E-state index in [1.807, 2.05) is 0 Å². The molecule has 0 saturated heterocycles. The summed E-state index contributed by atoms with van der Waals surface area (Å²) < 4.78 is 27.0. The van der Waals surface area contributed by atoms with Gasteiger partial charge < -0.3 is 23.7 Å². The Morgan fingerprint density at radius 3 is 2.22 bits per heavy atom. The number of aldehydes is 1. The summed E-state index contributed by atoms with van der Waals surface area (Å²) in [6, 6.07) is 8.47. The molecule has 0 aliphatic carbocycles. The fourth-order valence-corrected chi connectivity index (χ4v) is 3.31. The highest BCUT2D eigenvalue weighted by Gasteiger charge is 2.44. The number of rotatable bonds is 6. The first-order valence-electron chi connectivity index (χ1n) is 8.22. The number of benzene rings is 2. The maximum atomic E-state index is 12.6. The Balaban J connectivity index is 2.17. The molecule has 0 N–H and O–H groups in total. The molecule has 27 heavy (non-hydrogen) atoms. The van der Waals surface area contributed by atoms with Gasteiger partial charge in [0.1, 0.15) is 18.3 Å². The smallest absolute Gasteiger partial charge is 0.317 e. The normalized spacial score (nSPS) is 17.5. The van der Waals surface area contributed by atoms with E-state index in [4.69, 9.17) is 23.7 Å². The molecule has 3 rings (SSSR count). The number of hydrogen-bond donors (Lipinski definition) is 0. The lowest BCUT2D eigenvalue weighted by atomic mass is 9.88. The van der Waals surface area contributed by atoms with Crippen LogP contribution in [0.25, 0.3) is 0 Å². The molecule has 0 fully saturated rings. The van der Waals surface area contributed by atoms with Gasteiger partial charge in [0, 0.05) is 11.1 Å². The summed E-state index contributed by atoms with van der Waals surface area (Å²) in [6.45, 7) is 0. The average molecular weight is 372 g/mol. The highest BCUT2D eigenvalue weighted by Crippen LogP contribution is 2.52. The Bertz CT molecular complexity index is 875. The number of fused-ring (bicyclic) bond motifs is 1. The van der Waals surface area contributed by atoms with Crippen molar-refractivity contribution in [1.82, 2.24) is 0 Å². The van der Waals surface area contributed by atoms with Crippen molar-refractivity contribution in [2.45, 2.75) is 12.0 Å². The van der Waals surface area contributed by atoms with Crippen LogP contribution in [0.1, 0.15) is 33.5 Å². The van der Waals surface area contributed by atoms with Crippen molar-refractivity contribution >= 4 is 12.3 Å². The first kappa shape index (κ1) is 18.6. The molecule has 1 heterocycles. The van der Waals surface area contributed by atoms with Crippen LogP contribution in [-0.2, 0) is 9.53 Å². The van der Waals surface area contributed by atoms with E-state index in [1.165, 1.54) is 28.4 Å². The van der Waals surface area contributed by atoms with E-state index in [9.17, 15) is 9.59 Å². The Morgan fingerprint density at radius 2 is 1.63 bits per heavy atom. The van der Waals surface area contributed by atoms with E-state index in [-0.39, 0.29) is 0 Å². The number of ether oxygens (including phenoxy) is 5. The van der Waals surface area contributed by atoms with Gasteiger partial charge in [-0.15, -0.1) is 0 Å². The van der Waals surface area contributed by atoms with Crippen LogP contribution in [0.5, 0.6) is 23.0 Å². The van der Waals surface area contributed by atoms with Crippen LogP contribution in [0.3, 0.4) is 0 Å². The highest BCUT2D eigenvalue weighted by atomic mass is 16.5. The summed E-state index contributed by atoms with van der Waals surface area (Å²) in [4.78, 5) is 24.2. The number of methoxy groups -OCH3 is 4. The molecule has 0 bridgehead atoms. The summed E-state index contributed by atoms with van der Waals surface area (Å²) in [6.07, 6.45) is -0.0172. The maximum Gasteiger partial charge on any atom is 0.317 e. The zero-order chi connectivity index (χ0) is 19.6. The van der Waals surface area contributed by atoms with Gasteiger partial charge in [-0.2, -0.15) is 0 Å². The summed E-state index contributed by atoms with van der Waals surface area (Å²) in [7, 11) is 5.86. The fourth-order valence-electron chi connectivity index (χ4n) is 3.31. The van der Waals surface area contributed by atoms with Gasteiger partial charge in [-0.25, -0.2) is 0 Å². The van der Waals surface area contributed by atoms with E-state index >= 15 is 0 Å². The van der Waals surface area contributed by atoms with E-state index in [1.54, 1.807) is 30.3 Å². The second kappa shape index (κ2) is 7.57. The van der Waals surface area contributed by atoms with E-state index in [0.29, 0.717) is 46.0 Å². The molecule has 0 radical (unpaired) electrons. The molecule has 1 aliphatic heterocycles. The first-order valence-corrected chi connectivity index (χ1v) is 8.22. The van der Waals surface area contributed by atoms with Crippen molar-refractivity contribution < 1.29 is 33.3 Å². The molecule has 7 nitrogen and oxygen atoms in total. The van der Waals surface area contributed by atoms with Gasteiger partial charge in [-0.05, 0) is 29.8 Å². The minimum absolute atomic E-state index is 0.351. The van der Waals surface area contributed by atoms with Gasteiger partial charge in [-0.1, -0.05) is 6.07 Å². The van der Waals surface area contributed by atoms with Crippen molar-refractivity contribution in [2.24, 2.45) is 0 Å². The standard InChI is InChI=1S/C20H20O7/c1-23-13-7-5-11(9-15(13)25-3)18-17(20(22)26-4)16-12(10-21)6-8-14(24-2)19(16)27-18/h5-10,17-18H,1-4H3/t17-,18+/m0/s1. The predicted octanol–water partition coefficient (Wildman–Crippen LogP) is 2.92. The zero-order valence-corrected chi connectivity index (χ0v) is 15.5. The second-order valence-corrected chi connectivity index (χ2v) is 5.87. The number of esters is 1. The molecule has 0 saturated carbocycles. The van der Waals surface area contributed by atoms with Crippen molar-refractivity contribution in [3.63, 3.8) is 0 Å². The second-order valence-electron chi connectivity index (χ2n) is 5.87. The van der Waals surface area contributed by atoms with Crippen LogP contribution in [0.2, 0.25) is 0 Å². The predicted molar refractivity (Wildman–Crippen MR) is 96.1 cm³/mol. The van der Waals surface area contributed by atoms with E-state index in [2.05, 4.69) is 0 Å². The first-order chi connectivity index (χ1) is 13.1. The molecular formula is C20H20O7. The molecule has 1 aliphatic rings. The van der Waals surface area contributed by atoms with Crippen LogP contribution < -0.4 is 18.9 Å². The largest absolute Gasteiger partial charge is 0.493 e. The molecule has 0 aromatic heterocycles. The van der Waals surface area contributed by atoms with Gasteiger partial charge in [-0.3, -0.25) is 9.59 Å². The lowest BCUT2D eigenvalue weighted by Gasteiger charge is -2.19. The van der Waals surface area contributed by atoms with E-state index in [0.717, 1.165) is 0 Å². The minimum atomic E-state index is -0.821. The topological polar surface area (TPSA) is 80.3 Å². The summed E-state index contributed by atoms with van der Waals surface area (Å²) in [5.74, 6) is 0.520. The Morgan fingerprint density at radius 1 is 0.963 bits per heavy atom. The third kappa shape index (κ3) is 3.05. The van der Waals surface area contributed by atoms with Crippen molar-refractivity contribution in [3.8, 4) is 23.0 Å². The highest BCUT2D eigenvalue weighted by molar-refractivity contribution is 5.89. The average Bonchev–Trinajstić information content (AvgIpc) is 3.12.